The second-order valence-electron chi connectivity index (χ2n) is 6.13. The largest absolute Gasteiger partial charge is 0.493 e. The molecule has 2 heterocycles. The van der Waals surface area contributed by atoms with Crippen molar-refractivity contribution in [3.05, 3.63) is 30.0 Å². The fraction of sp³-hybridized carbons (Fsp3) is 0.444. The summed E-state index contributed by atoms with van der Waals surface area (Å²) in [5, 5.41) is 10.5. The maximum Gasteiger partial charge on any atom is 0.271 e. The van der Waals surface area contributed by atoms with Crippen LogP contribution in [0.4, 0.5) is 0 Å². The molecule has 7 nitrogen and oxygen atoms in total. The number of benzene rings is 1. The molecule has 1 aliphatic rings. The maximum atomic E-state index is 12.7. The molecule has 2 N–H and O–H groups in total. The minimum absolute atomic E-state index is 0.0360. The summed E-state index contributed by atoms with van der Waals surface area (Å²) in [7, 11) is 5.05. The molecule has 134 valence electrons. The molecule has 0 unspecified atom stereocenters. The summed E-state index contributed by atoms with van der Waals surface area (Å²) < 4.78 is 10.6. The molecule has 0 aliphatic carbocycles. The van der Waals surface area contributed by atoms with Crippen molar-refractivity contribution in [2.75, 3.05) is 34.4 Å². The first-order valence-electron chi connectivity index (χ1n) is 8.39. The molecule has 0 bridgehead atoms. The van der Waals surface area contributed by atoms with E-state index in [9.17, 15) is 4.79 Å². The number of rotatable bonds is 5. The molecular formula is C18H24N4O3. The summed E-state index contributed by atoms with van der Waals surface area (Å²) in [6.07, 6.45) is 1.94. The van der Waals surface area contributed by atoms with Crippen molar-refractivity contribution in [3.63, 3.8) is 0 Å². The summed E-state index contributed by atoms with van der Waals surface area (Å²) in [5.41, 5.74) is 2.05. The van der Waals surface area contributed by atoms with Crippen LogP contribution < -0.4 is 14.8 Å². The van der Waals surface area contributed by atoms with Gasteiger partial charge in [-0.05, 0) is 50.2 Å². The topological polar surface area (TPSA) is 79.5 Å². The Morgan fingerprint density at radius 1 is 1.16 bits per heavy atom. The van der Waals surface area contributed by atoms with Gasteiger partial charge in [0.2, 0.25) is 0 Å². The van der Waals surface area contributed by atoms with E-state index in [1.54, 1.807) is 20.3 Å². The van der Waals surface area contributed by atoms with Gasteiger partial charge in [0.25, 0.3) is 5.91 Å². The second kappa shape index (κ2) is 7.57. The van der Waals surface area contributed by atoms with Gasteiger partial charge in [-0.3, -0.25) is 9.89 Å². The highest BCUT2D eigenvalue weighted by molar-refractivity contribution is 5.93. The molecule has 1 saturated heterocycles. The predicted molar refractivity (Wildman–Crippen MR) is 95.1 cm³/mol. The minimum Gasteiger partial charge on any atom is -0.493 e. The standard InChI is InChI=1S/C18H24N4O3/c1-22(13-6-8-19-9-7-13)18(23)15-11-14(20-21-15)12-4-5-16(24-2)17(10-12)25-3/h4-5,10-11,13,19H,6-9H2,1-3H3,(H,20,21). The van der Waals surface area contributed by atoms with E-state index in [2.05, 4.69) is 15.5 Å². The molecule has 1 aromatic carbocycles. The van der Waals surface area contributed by atoms with Crippen molar-refractivity contribution in [1.29, 1.82) is 0 Å². The van der Waals surface area contributed by atoms with Crippen LogP contribution in [0, 0.1) is 0 Å². The number of H-pyrrole nitrogens is 1. The van der Waals surface area contributed by atoms with E-state index in [1.807, 2.05) is 30.1 Å². The Morgan fingerprint density at radius 2 is 1.88 bits per heavy atom. The van der Waals surface area contributed by atoms with Gasteiger partial charge in [0.15, 0.2) is 11.5 Å². The lowest BCUT2D eigenvalue weighted by Gasteiger charge is -2.31. The lowest BCUT2D eigenvalue weighted by molar-refractivity contribution is 0.0697. The smallest absolute Gasteiger partial charge is 0.271 e. The van der Waals surface area contributed by atoms with Gasteiger partial charge in [0.1, 0.15) is 5.69 Å². The number of amides is 1. The van der Waals surface area contributed by atoms with E-state index in [0.717, 1.165) is 31.5 Å². The highest BCUT2D eigenvalue weighted by Crippen LogP contribution is 2.31. The van der Waals surface area contributed by atoms with Crippen LogP contribution >= 0.6 is 0 Å². The van der Waals surface area contributed by atoms with E-state index in [0.29, 0.717) is 22.9 Å². The average Bonchev–Trinajstić information content (AvgIpc) is 3.17. The molecule has 0 saturated carbocycles. The quantitative estimate of drug-likeness (QED) is 0.866. The molecule has 2 aromatic rings. The van der Waals surface area contributed by atoms with Crippen molar-refractivity contribution in [2.45, 2.75) is 18.9 Å². The summed E-state index contributed by atoms with van der Waals surface area (Å²) in [6.45, 7) is 1.89. The number of hydrogen-bond acceptors (Lipinski definition) is 5. The number of hydrogen-bond donors (Lipinski definition) is 2. The van der Waals surface area contributed by atoms with Crippen molar-refractivity contribution < 1.29 is 14.3 Å². The average molecular weight is 344 g/mol. The summed E-state index contributed by atoms with van der Waals surface area (Å²) in [4.78, 5) is 14.5. The first kappa shape index (κ1) is 17.3. The fourth-order valence-corrected chi connectivity index (χ4v) is 3.12. The first-order chi connectivity index (χ1) is 12.1. The van der Waals surface area contributed by atoms with Crippen LogP contribution in [0.2, 0.25) is 0 Å². The molecule has 0 atom stereocenters. The lowest BCUT2D eigenvalue weighted by Crippen LogP contribution is -2.44. The summed E-state index contributed by atoms with van der Waals surface area (Å²) >= 11 is 0. The van der Waals surface area contributed by atoms with Crippen LogP contribution in [0.15, 0.2) is 24.3 Å². The predicted octanol–water partition coefficient (Wildman–Crippen LogP) is 1.92. The zero-order chi connectivity index (χ0) is 17.8. The normalized spacial score (nSPS) is 15.0. The van der Waals surface area contributed by atoms with Crippen LogP contribution in [0.5, 0.6) is 11.5 Å². The van der Waals surface area contributed by atoms with Gasteiger partial charge < -0.3 is 19.7 Å². The van der Waals surface area contributed by atoms with Crippen molar-refractivity contribution >= 4 is 5.91 Å². The van der Waals surface area contributed by atoms with E-state index in [1.165, 1.54) is 0 Å². The Bertz CT molecular complexity index is 738. The van der Waals surface area contributed by atoms with Crippen LogP contribution in [-0.4, -0.2) is 61.4 Å². The van der Waals surface area contributed by atoms with E-state index in [-0.39, 0.29) is 11.9 Å². The number of ether oxygens (including phenoxy) is 2. The van der Waals surface area contributed by atoms with Crippen molar-refractivity contribution in [3.8, 4) is 22.8 Å². The minimum atomic E-state index is -0.0360. The molecular weight excluding hydrogens is 320 g/mol. The van der Waals surface area contributed by atoms with Gasteiger partial charge in [-0.2, -0.15) is 5.10 Å². The number of nitrogens with zero attached hydrogens (tertiary/aromatic N) is 2. The Kier molecular flexibility index (Phi) is 5.23. The highest BCUT2D eigenvalue weighted by atomic mass is 16.5. The van der Waals surface area contributed by atoms with E-state index >= 15 is 0 Å². The Hall–Kier alpha value is -2.54. The Morgan fingerprint density at radius 3 is 2.56 bits per heavy atom. The number of methoxy groups -OCH3 is 2. The lowest BCUT2D eigenvalue weighted by atomic mass is 10.0. The summed E-state index contributed by atoms with van der Waals surface area (Å²) in [5.74, 6) is 1.25. The molecule has 0 radical (unpaired) electrons. The molecule has 1 amide bonds. The van der Waals surface area contributed by atoms with Crippen molar-refractivity contribution in [1.82, 2.24) is 20.4 Å². The Labute approximate surface area is 147 Å². The molecule has 0 spiro atoms. The molecule has 1 fully saturated rings. The number of carbonyl (C=O) groups excluding carboxylic acids is 1. The number of nitrogens with one attached hydrogen (secondary N) is 2. The van der Waals surface area contributed by atoms with Crippen LogP contribution in [0.1, 0.15) is 23.3 Å². The van der Waals surface area contributed by atoms with Gasteiger partial charge in [-0.1, -0.05) is 0 Å². The molecule has 7 heteroatoms. The first-order valence-corrected chi connectivity index (χ1v) is 8.39. The third-order valence-corrected chi connectivity index (χ3v) is 4.66. The monoisotopic (exact) mass is 344 g/mol. The van der Waals surface area contributed by atoms with Crippen LogP contribution in [-0.2, 0) is 0 Å². The zero-order valence-corrected chi connectivity index (χ0v) is 14.8. The van der Waals surface area contributed by atoms with Gasteiger partial charge in [0.05, 0.1) is 19.9 Å². The third kappa shape index (κ3) is 3.61. The van der Waals surface area contributed by atoms with Crippen molar-refractivity contribution in [2.24, 2.45) is 0 Å². The second-order valence-corrected chi connectivity index (χ2v) is 6.13. The van der Waals surface area contributed by atoms with Crippen LogP contribution in [0.25, 0.3) is 11.3 Å². The molecule has 1 aliphatic heterocycles. The van der Waals surface area contributed by atoms with Gasteiger partial charge >= 0.3 is 0 Å². The highest BCUT2D eigenvalue weighted by Gasteiger charge is 2.24. The zero-order valence-electron chi connectivity index (χ0n) is 14.8. The van der Waals surface area contributed by atoms with E-state index < -0.39 is 0 Å². The van der Waals surface area contributed by atoms with E-state index in [4.69, 9.17) is 9.47 Å². The Balaban J connectivity index is 1.78. The molecule has 1 aromatic heterocycles. The molecule has 3 rings (SSSR count). The van der Waals surface area contributed by atoms with Crippen LogP contribution in [0.3, 0.4) is 0 Å². The maximum absolute atomic E-state index is 12.7. The van der Waals surface area contributed by atoms with Gasteiger partial charge in [0, 0.05) is 18.7 Å². The number of piperidine rings is 1. The van der Waals surface area contributed by atoms with Gasteiger partial charge in [-0.15, -0.1) is 0 Å². The number of aromatic amines is 1. The third-order valence-electron chi connectivity index (χ3n) is 4.66. The SMILES string of the molecule is COc1ccc(-c2cc(C(=O)N(C)C3CCNCC3)[nH]n2)cc1OC. The number of carbonyl (C=O) groups is 1. The molecule has 25 heavy (non-hydrogen) atoms. The fourth-order valence-electron chi connectivity index (χ4n) is 3.12. The summed E-state index contributed by atoms with van der Waals surface area (Å²) in [6, 6.07) is 7.61. The number of aromatic nitrogens is 2. The van der Waals surface area contributed by atoms with Gasteiger partial charge in [-0.25, -0.2) is 0 Å².